The first-order chi connectivity index (χ1) is 14.0. The van der Waals surface area contributed by atoms with Crippen LogP contribution in [-0.2, 0) is 11.2 Å². The van der Waals surface area contributed by atoms with Gasteiger partial charge in [0.2, 0.25) is 11.9 Å². The Labute approximate surface area is 175 Å². The first-order valence-electron chi connectivity index (χ1n) is 9.28. The van der Waals surface area contributed by atoms with Gasteiger partial charge < -0.3 is 15.8 Å². The number of halogens is 5. The summed E-state index contributed by atoms with van der Waals surface area (Å²) in [6, 6.07) is 4.77. The van der Waals surface area contributed by atoms with E-state index in [0.29, 0.717) is 18.4 Å². The van der Waals surface area contributed by atoms with Crippen LogP contribution >= 0.6 is 11.6 Å². The van der Waals surface area contributed by atoms with E-state index in [9.17, 15) is 22.4 Å². The highest BCUT2D eigenvalue weighted by Crippen LogP contribution is 2.35. The molecule has 1 aromatic carbocycles. The van der Waals surface area contributed by atoms with Gasteiger partial charge in [0.1, 0.15) is 5.75 Å². The largest absolute Gasteiger partial charge is 0.573 e. The van der Waals surface area contributed by atoms with Gasteiger partial charge in [0.25, 0.3) is 0 Å². The Balaban J connectivity index is 1.75. The summed E-state index contributed by atoms with van der Waals surface area (Å²) in [4.78, 5) is 16.5. The van der Waals surface area contributed by atoms with Crippen molar-refractivity contribution < 1.29 is 27.1 Å². The first kappa shape index (κ1) is 22.3. The number of alkyl halides is 3. The van der Waals surface area contributed by atoms with E-state index in [-0.39, 0.29) is 29.0 Å². The van der Waals surface area contributed by atoms with E-state index in [1.165, 1.54) is 18.3 Å². The number of benzene rings is 1. The van der Waals surface area contributed by atoms with Crippen molar-refractivity contribution in [3.63, 3.8) is 0 Å². The van der Waals surface area contributed by atoms with E-state index >= 15 is 0 Å². The Bertz CT molecular complexity index is 939. The quantitative estimate of drug-likeness (QED) is 0.526. The van der Waals surface area contributed by atoms with Crippen LogP contribution < -0.4 is 15.8 Å². The van der Waals surface area contributed by atoms with Gasteiger partial charge >= 0.3 is 6.36 Å². The molecular formula is C20H20ClF4N3O2. The van der Waals surface area contributed by atoms with E-state index in [2.05, 4.69) is 15.0 Å². The maximum absolute atomic E-state index is 14.1. The summed E-state index contributed by atoms with van der Waals surface area (Å²) >= 11 is 5.83. The Morgan fingerprint density at radius 1 is 1.30 bits per heavy atom. The van der Waals surface area contributed by atoms with Crippen LogP contribution in [0.3, 0.4) is 0 Å². The maximum atomic E-state index is 14.1. The lowest BCUT2D eigenvalue weighted by Gasteiger charge is -2.28. The predicted octanol–water partition coefficient (Wildman–Crippen LogP) is 4.79. The lowest BCUT2D eigenvalue weighted by Crippen LogP contribution is -2.35. The number of fused-ring (bicyclic) bond motifs is 1. The van der Waals surface area contributed by atoms with Gasteiger partial charge in [-0.1, -0.05) is 18.5 Å². The monoisotopic (exact) mass is 445 g/mol. The fraction of sp³-hybridized carbons (Fsp3) is 0.400. The molecule has 30 heavy (non-hydrogen) atoms. The number of aromatic nitrogens is 1. The second-order valence-electron chi connectivity index (χ2n) is 7.39. The van der Waals surface area contributed by atoms with Gasteiger partial charge in [-0.15, -0.1) is 13.2 Å². The Hall–Kier alpha value is -2.39. The molecule has 0 spiro atoms. The second kappa shape index (κ2) is 8.77. The number of anilines is 1. The standard InChI is InChI=1S/C20H20ClF4N3O2/c1-10-6-11(7-12(26)8-15-14(10)4-5-27-18(15)22)19(29)28-13-2-3-17(16(21)9-13)30-20(23,24)25/h2-5,9-12H,6-8,26H2,1H3,(H,28,29)/t10-,11?,12+/m1/s1. The van der Waals surface area contributed by atoms with E-state index in [1.807, 2.05) is 6.92 Å². The molecule has 1 aliphatic rings. The summed E-state index contributed by atoms with van der Waals surface area (Å²) in [5.41, 5.74) is 7.62. The van der Waals surface area contributed by atoms with Gasteiger partial charge in [-0.3, -0.25) is 4.79 Å². The van der Waals surface area contributed by atoms with Crippen LogP contribution in [0.5, 0.6) is 5.75 Å². The molecule has 10 heteroatoms. The Morgan fingerprint density at radius 2 is 2.03 bits per heavy atom. The number of rotatable bonds is 3. The molecule has 3 atom stereocenters. The number of nitrogens with one attached hydrogen (secondary N) is 1. The van der Waals surface area contributed by atoms with Crippen LogP contribution in [0.1, 0.15) is 36.8 Å². The van der Waals surface area contributed by atoms with Gasteiger partial charge in [-0.2, -0.15) is 4.39 Å². The van der Waals surface area contributed by atoms with Crippen molar-refractivity contribution in [2.45, 2.75) is 44.5 Å². The predicted molar refractivity (Wildman–Crippen MR) is 104 cm³/mol. The van der Waals surface area contributed by atoms with Crippen molar-refractivity contribution in [3.8, 4) is 5.75 Å². The van der Waals surface area contributed by atoms with Gasteiger partial charge in [-0.25, -0.2) is 4.98 Å². The van der Waals surface area contributed by atoms with Crippen LogP contribution in [0.4, 0.5) is 23.2 Å². The molecule has 1 unspecified atom stereocenters. The highest BCUT2D eigenvalue weighted by atomic mass is 35.5. The molecule has 0 bridgehead atoms. The van der Waals surface area contributed by atoms with Gasteiger partial charge in [0.15, 0.2) is 0 Å². The molecular weight excluding hydrogens is 426 g/mol. The van der Waals surface area contributed by atoms with Crippen LogP contribution in [0, 0.1) is 11.9 Å². The number of hydrogen-bond donors (Lipinski definition) is 2. The maximum Gasteiger partial charge on any atom is 0.573 e. The molecule has 0 radical (unpaired) electrons. The minimum absolute atomic E-state index is 0.105. The molecule has 1 amide bonds. The smallest absolute Gasteiger partial charge is 0.404 e. The van der Waals surface area contributed by atoms with Crippen LogP contribution in [0.2, 0.25) is 5.02 Å². The average molecular weight is 446 g/mol. The van der Waals surface area contributed by atoms with E-state index < -0.39 is 30.0 Å². The van der Waals surface area contributed by atoms with Crippen molar-refractivity contribution in [2.24, 2.45) is 11.7 Å². The van der Waals surface area contributed by atoms with Crippen molar-refractivity contribution in [1.29, 1.82) is 0 Å². The van der Waals surface area contributed by atoms with Crippen LogP contribution in [0.25, 0.3) is 0 Å². The average Bonchev–Trinajstić information content (AvgIpc) is 2.63. The van der Waals surface area contributed by atoms with Gasteiger partial charge in [0, 0.05) is 29.4 Å². The fourth-order valence-corrected chi connectivity index (χ4v) is 3.97. The summed E-state index contributed by atoms with van der Waals surface area (Å²) in [5.74, 6) is -2.02. The van der Waals surface area contributed by atoms with E-state index in [1.54, 1.807) is 6.07 Å². The molecule has 1 aliphatic carbocycles. The fourth-order valence-electron chi connectivity index (χ4n) is 3.75. The van der Waals surface area contributed by atoms with Crippen molar-refractivity contribution >= 4 is 23.2 Å². The van der Waals surface area contributed by atoms with Crippen molar-refractivity contribution in [2.75, 3.05) is 5.32 Å². The van der Waals surface area contributed by atoms with Gasteiger partial charge in [-0.05, 0) is 55.0 Å². The van der Waals surface area contributed by atoms with Crippen molar-refractivity contribution in [1.82, 2.24) is 4.98 Å². The number of carbonyl (C=O) groups excluding carboxylic acids is 1. The van der Waals surface area contributed by atoms with E-state index in [0.717, 1.165) is 11.6 Å². The summed E-state index contributed by atoms with van der Waals surface area (Å²) in [7, 11) is 0. The summed E-state index contributed by atoms with van der Waals surface area (Å²) in [5, 5.41) is 2.38. The Morgan fingerprint density at radius 3 is 2.70 bits per heavy atom. The number of ether oxygens (including phenoxy) is 1. The highest BCUT2D eigenvalue weighted by molar-refractivity contribution is 6.32. The number of pyridine rings is 1. The molecule has 3 N–H and O–H groups in total. The van der Waals surface area contributed by atoms with Crippen LogP contribution in [0.15, 0.2) is 30.5 Å². The SMILES string of the molecule is C[C@@H]1CC(C(=O)Nc2ccc(OC(F)(F)F)c(Cl)c2)C[C@H](N)Cc2c1ccnc2F. The molecule has 162 valence electrons. The third kappa shape index (κ3) is 5.40. The van der Waals surface area contributed by atoms with E-state index in [4.69, 9.17) is 17.3 Å². The summed E-state index contributed by atoms with van der Waals surface area (Å²) < 4.78 is 55.0. The normalized spacial score (nSPS) is 21.9. The summed E-state index contributed by atoms with van der Waals surface area (Å²) in [6.45, 7) is 1.90. The molecule has 0 fully saturated rings. The molecule has 1 heterocycles. The van der Waals surface area contributed by atoms with Crippen LogP contribution in [-0.4, -0.2) is 23.3 Å². The zero-order valence-electron chi connectivity index (χ0n) is 16.0. The minimum Gasteiger partial charge on any atom is -0.404 e. The molecule has 2 aromatic rings. The number of hydrogen-bond acceptors (Lipinski definition) is 4. The number of carbonyl (C=O) groups is 1. The molecule has 0 aliphatic heterocycles. The lowest BCUT2D eigenvalue weighted by atomic mass is 9.80. The number of nitrogens with zero attached hydrogens (tertiary/aromatic N) is 1. The Kier molecular flexibility index (Phi) is 6.52. The first-order valence-corrected chi connectivity index (χ1v) is 9.66. The number of nitrogens with two attached hydrogens (primary N) is 1. The zero-order chi connectivity index (χ0) is 22.1. The highest BCUT2D eigenvalue weighted by Gasteiger charge is 2.32. The zero-order valence-corrected chi connectivity index (χ0v) is 16.7. The molecule has 5 nitrogen and oxygen atoms in total. The summed E-state index contributed by atoms with van der Waals surface area (Å²) in [6.07, 6.45) is -2.46. The molecule has 0 saturated carbocycles. The van der Waals surface area contributed by atoms with Crippen molar-refractivity contribution in [3.05, 3.63) is 52.6 Å². The third-order valence-electron chi connectivity index (χ3n) is 5.06. The number of amides is 1. The minimum atomic E-state index is -4.87. The van der Waals surface area contributed by atoms with Gasteiger partial charge in [0.05, 0.1) is 5.02 Å². The molecule has 3 rings (SSSR count). The second-order valence-corrected chi connectivity index (χ2v) is 7.79. The topological polar surface area (TPSA) is 77.2 Å². The lowest BCUT2D eigenvalue weighted by molar-refractivity contribution is -0.274. The molecule has 1 aromatic heterocycles. The molecule has 0 saturated heterocycles. The third-order valence-corrected chi connectivity index (χ3v) is 5.35.